The van der Waals surface area contributed by atoms with Gasteiger partial charge in [0.1, 0.15) is 5.82 Å². The van der Waals surface area contributed by atoms with Crippen LogP contribution in [0.15, 0.2) is 22.7 Å². The molecule has 0 saturated heterocycles. The molecule has 1 rings (SSSR count). The maximum absolute atomic E-state index is 13.3. The summed E-state index contributed by atoms with van der Waals surface area (Å²) in [6, 6.07) is 5.03. The molecule has 2 N–H and O–H groups in total. The summed E-state index contributed by atoms with van der Waals surface area (Å²) in [5, 5.41) is 6.27. The van der Waals surface area contributed by atoms with E-state index in [1.54, 1.807) is 6.07 Å². The summed E-state index contributed by atoms with van der Waals surface area (Å²) in [5.74, 6) is -0.162. The molecule has 0 aliphatic heterocycles. The van der Waals surface area contributed by atoms with Gasteiger partial charge in [-0.05, 0) is 38.7 Å². The van der Waals surface area contributed by atoms with Crippen LogP contribution >= 0.6 is 15.9 Å². The molecule has 84 valence electrons. The third kappa shape index (κ3) is 4.28. The van der Waals surface area contributed by atoms with Gasteiger partial charge in [0.05, 0.1) is 0 Å². The molecule has 0 amide bonds. The predicted molar refractivity (Wildman–Crippen MR) is 64.4 cm³/mol. The molecule has 1 aromatic rings. The van der Waals surface area contributed by atoms with Crippen LogP contribution in [-0.4, -0.2) is 20.1 Å². The van der Waals surface area contributed by atoms with E-state index in [0.29, 0.717) is 12.1 Å². The second kappa shape index (κ2) is 6.93. The Morgan fingerprint density at radius 3 is 2.80 bits per heavy atom. The Kier molecular flexibility index (Phi) is 5.83. The van der Waals surface area contributed by atoms with E-state index in [0.717, 1.165) is 24.0 Å². The van der Waals surface area contributed by atoms with Crippen molar-refractivity contribution in [1.29, 1.82) is 0 Å². The van der Waals surface area contributed by atoms with Crippen molar-refractivity contribution in [3.63, 3.8) is 0 Å². The van der Waals surface area contributed by atoms with Crippen LogP contribution in [0.4, 0.5) is 4.39 Å². The largest absolute Gasteiger partial charge is 0.320 e. The number of hydrogen-bond acceptors (Lipinski definition) is 2. The lowest BCUT2D eigenvalue weighted by Gasteiger charge is -2.07. The molecule has 4 heteroatoms. The Balaban J connectivity index is 2.37. The lowest BCUT2D eigenvalue weighted by atomic mass is 10.2. The molecule has 0 aromatic heterocycles. The van der Waals surface area contributed by atoms with Crippen molar-refractivity contribution in [1.82, 2.24) is 10.6 Å². The van der Waals surface area contributed by atoms with Crippen LogP contribution in [0.1, 0.15) is 12.0 Å². The molecule has 0 aliphatic carbocycles. The highest BCUT2D eigenvalue weighted by Crippen LogP contribution is 2.18. The molecule has 0 bridgehead atoms. The monoisotopic (exact) mass is 274 g/mol. The number of nitrogens with one attached hydrogen (secondary N) is 2. The molecule has 0 aliphatic rings. The van der Waals surface area contributed by atoms with Crippen LogP contribution in [0.2, 0.25) is 0 Å². The second-order valence-electron chi connectivity index (χ2n) is 3.33. The van der Waals surface area contributed by atoms with Crippen molar-refractivity contribution in [2.75, 3.05) is 20.1 Å². The normalized spacial score (nSPS) is 10.6. The fourth-order valence-corrected chi connectivity index (χ4v) is 1.79. The first-order valence-electron chi connectivity index (χ1n) is 5.04. The van der Waals surface area contributed by atoms with Crippen LogP contribution in [0.3, 0.4) is 0 Å². The van der Waals surface area contributed by atoms with Gasteiger partial charge in [0.25, 0.3) is 0 Å². The van der Waals surface area contributed by atoms with E-state index in [-0.39, 0.29) is 5.82 Å². The minimum Gasteiger partial charge on any atom is -0.320 e. The van der Waals surface area contributed by atoms with Gasteiger partial charge in [-0.15, -0.1) is 0 Å². The van der Waals surface area contributed by atoms with E-state index in [4.69, 9.17) is 0 Å². The van der Waals surface area contributed by atoms with Crippen molar-refractivity contribution in [2.45, 2.75) is 13.0 Å². The Labute approximate surface area is 98.4 Å². The highest BCUT2D eigenvalue weighted by Gasteiger charge is 2.04. The van der Waals surface area contributed by atoms with E-state index in [1.807, 2.05) is 13.1 Å². The van der Waals surface area contributed by atoms with Gasteiger partial charge in [-0.3, -0.25) is 0 Å². The fraction of sp³-hybridized carbons (Fsp3) is 0.455. The average Bonchev–Trinajstić information content (AvgIpc) is 2.21. The molecule has 0 unspecified atom stereocenters. The van der Waals surface area contributed by atoms with Gasteiger partial charge in [-0.1, -0.05) is 22.0 Å². The molecular weight excluding hydrogens is 259 g/mol. The highest BCUT2D eigenvalue weighted by molar-refractivity contribution is 9.10. The van der Waals surface area contributed by atoms with Gasteiger partial charge in [0.2, 0.25) is 0 Å². The van der Waals surface area contributed by atoms with Crippen molar-refractivity contribution in [3.05, 3.63) is 34.1 Å². The van der Waals surface area contributed by atoms with Crippen molar-refractivity contribution >= 4 is 15.9 Å². The SMILES string of the molecule is CNCCCNCc1c(F)cccc1Br. The molecule has 0 heterocycles. The lowest BCUT2D eigenvalue weighted by Crippen LogP contribution is -2.20. The Bertz CT molecular complexity index is 284. The quantitative estimate of drug-likeness (QED) is 0.778. The molecular formula is C11H16BrFN2. The van der Waals surface area contributed by atoms with E-state index < -0.39 is 0 Å². The summed E-state index contributed by atoms with van der Waals surface area (Å²) in [6.45, 7) is 2.43. The zero-order valence-corrected chi connectivity index (χ0v) is 10.4. The zero-order valence-electron chi connectivity index (χ0n) is 8.82. The van der Waals surface area contributed by atoms with Gasteiger partial charge in [-0.2, -0.15) is 0 Å². The third-order valence-corrected chi connectivity index (χ3v) is 2.89. The van der Waals surface area contributed by atoms with Crippen LogP contribution in [0, 0.1) is 5.82 Å². The summed E-state index contributed by atoms with van der Waals surface area (Å²) < 4.78 is 14.2. The fourth-order valence-electron chi connectivity index (χ4n) is 1.30. The first-order valence-corrected chi connectivity index (χ1v) is 5.83. The van der Waals surface area contributed by atoms with Gasteiger partial charge in [0, 0.05) is 16.6 Å². The molecule has 0 spiro atoms. The van der Waals surface area contributed by atoms with Gasteiger partial charge < -0.3 is 10.6 Å². The predicted octanol–water partition coefficient (Wildman–Crippen LogP) is 2.29. The van der Waals surface area contributed by atoms with E-state index in [9.17, 15) is 4.39 Å². The third-order valence-electron chi connectivity index (χ3n) is 2.14. The molecule has 0 radical (unpaired) electrons. The number of halogens is 2. The summed E-state index contributed by atoms with van der Waals surface area (Å²) >= 11 is 3.34. The standard InChI is InChI=1S/C11H16BrFN2/c1-14-6-3-7-15-8-9-10(12)4-2-5-11(9)13/h2,4-5,14-15H,3,6-8H2,1H3. The summed E-state index contributed by atoms with van der Waals surface area (Å²) in [5.41, 5.74) is 0.696. The number of benzene rings is 1. The summed E-state index contributed by atoms with van der Waals surface area (Å²) in [6.07, 6.45) is 1.04. The first-order chi connectivity index (χ1) is 7.25. The van der Waals surface area contributed by atoms with Crippen LogP contribution in [0.5, 0.6) is 0 Å². The number of rotatable bonds is 6. The molecule has 2 nitrogen and oxygen atoms in total. The first kappa shape index (κ1) is 12.6. The maximum atomic E-state index is 13.3. The van der Waals surface area contributed by atoms with Crippen molar-refractivity contribution in [3.8, 4) is 0 Å². The lowest BCUT2D eigenvalue weighted by molar-refractivity contribution is 0.575. The molecule has 0 saturated carbocycles. The van der Waals surface area contributed by atoms with Crippen LogP contribution in [-0.2, 0) is 6.54 Å². The smallest absolute Gasteiger partial charge is 0.128 e. The Morgan fingerprint density at radius 1 is 1.33 bits per heavy atom. The molecule has 0 fully saturated rings. The minimum absolute atomic E-state index is 0.162. The van der Waals surface area contributed by atoms with Crippen molar-refractivity contribution < 1.29 is 4.39 Å². The van der Waals surface area contributed by atoms with Gasteiger partial charge in [0.15, 0.2) is 0 Å². The topological polar surface area (TPSA) is 24.1 Å². The maximum Gasteiger partial charge on any atom is 0.128 e. The summed E-state index contributed by atoms with van der Waals surface area (Å²) in [4.78, 5) is 0. The van der Waals surface area contributed by atoms with Crippen molar-refractivity contribution in [2.24, 2.45) is 0 Å². The Morgan fingerprint density at radius 2 is 2.13 bits per heavy atom. The number of hydrogen-bond donors (Lipinski definition) is 2. The van der Waals surface area contributed by atoms with Crippen LogP contribution < -0.4 is 10.6 Å². The second-order valence-corrected chi connectivity index (χ2v) is 4.19. The Hall–Kier alpha value is -0.450. The van der Waals surface area contributed by atoms with Gasteiger partial charge in [-0.25, -0.2) is 4.39 Å². The van der Waals surface area contributed by atoms with E-state index in [2.05, 4.69) is 26.6 Å². The van der Waals surface area contributed by atoms with E-state index in [1.165, 1.54) is 6.07 Å². The molecule has 15 heavy (non-hydrogen) atoms. The molecule has 0 atom stereocenters. The minimum atomic E-state index is -0.162. The highest BCUT2D eigenvalue weighted by atomic mass is 79.9. The average molecular weight is 275 g/mol. The zero-order chi connectivity index (χ0) is 11.1. The van der Waals surface area contributed by atoms with E-state index >= 15 is 0 Å². The molecule has 1 aromatic carbocycles. The van der Waals surface area contributed by atoms with Crippen LogP contribution in [0.25, 0.3) is 0 Å². The summed E-state index contributed by atoms with van der Waals surface area (Å²) in [7, 11) is 1.92. The van der Waals surface area contributed by atoms with Gasteiger partial charge >= 0.3 is 0 Å².